The standard InChI is InChI=1S/C16H27NO2S/c1-6-17-16(11-20-10-12(2)3)13-7-14(18-4)9-15(8-13)19-5/h7-9,12,16-17H,6,10-11H2,1-5H3. The Morgan fingerprint density at radius 2 is 1.65 bits per heavy atom. The van der Waals surface area contributed by atoms with Gasteiger partial charge in [0, 0.05) is 17.9 Å². The average Bonchev–Trinajstić information content (AvgIpc) is 2.45. The van der Waals surface area contributed by atoms with Crippen LogP contribution in [0.3, 0.4) is 0 Å². The van der Waals surface area contributed by atoms with Gasteiger partial charge < -0.3 is 14.8 Å². The first kappa shape index (κ1) is 17.2. The summed E-state index contributed by atoms with van der Waals surface area (Å²) in [5.41, 5.74) is 1.22. The van der Waals surface area contributed by atoms with Crippen molar-refractivity contribution >= 4 is 11.8 Å². The number of hydrogen-bond donors (Lipinski definition) is 1. The number of nitrogens with one attached hydrogen (secondary N) is 1. The summed E-state index contributed by atoms with van der Waals surface area (Å²) >= 11 is 1.99. The number of rotatable bonds is 9. The van der Waals surface area contributed by atoms with E-state index in [-0.39, 0.29) is 0 Å². The first-order valence-corrected chi connectivity index (χ1v) is 8.30. The van der Waals surface area contributed by atoms with Crippen molar-refractivity contribution in [2.75, 3.05) is 32.3 Å². The molecule has 20 heavy (non-hydrogen) atoms. The largest absolute Gasteiger partial charge is 0.497 e. The summed E-state index contributed by atoms with van der Waals surface area (Å²) in [6.07, 6.45) is 0. The number of methoxy groups -OCH3 is 2. The van der Waals surface area contributed by atoms with E-state index in [1.165, 1.54) is 11.3 Å². The molecule has 4 heteroatoms. The van der Waals surface area contributed by atoms with E-state index in [1.54, 1.807) is 14.2 Å². The Labute approximate surface area is 127 Å². The van der Waals surface area contributed by atoms with Crippen LogP contribution in [0, 0.1) is 5.92 Å². The summed E-state index contributed by atoms with van der Waals surface area (Å²) in [6.45, 7) is 7.59. The van der Waals surface area contributed by atoms with Crippen molar-refractivity contribution in [3.63, 3.8) is 0 Å². The van der Waals surface area contributed by atoms with Gasteiger partial charge in [0.1, 0.15) is 11.5 Å². The van der Waals surface area contributed by atoms with Gasteiger partial charge in [0.05, 0.1) is 14.2 Å². The van der Waals surface area contributed by atoms with Crippen molar-refractivity contribution in [1.29, 1.82) is 0 Å². The summed E-state index contributed by atoms with van der Waals surface area (Å²) in [7, 11) is 3.38. The summed E-state index contributed by atoms with van der Waals surface area (Å²) in [5.74, 6) is 4.65. The Bertz CT molecular complexity index is 374. The number of thioether (sulfide) groups is 1. The highest BCUT2D eigenvalue weighted by molar-refractivity contribution is 7.99. The normalized spacial score (nSPS) is 12.5. The molecule has 0 aliphatic rings. The van der Waals surface area contributed by atoms with E-state index in [0.29, 0.717) is 6.04 Å². The lowest BCUT2D eigenvalue weighted by Gasteiger charge is -2.20. The van der Waals surface area contributed by atoms with Crippen LogP contribution >= 0.6 is 11.8 Å². The third-order valence-electron chi connectivity index (χ3n) is 2.96. The zero-order valence-corrected chi connectivity index (χ0v) is 14.0. The molecular weight excluding hydrogens is 270 g/mol. The van der Waals surface area contributed by atoms with Gasteiger partial charge in [-0.2, -0.15) is 11.8 Å². The average molecular weight is 297 g/mol. The molecule has 3 nitrogen and oxygen atoms in total. The van der Waals surface area contributed by atoms with Crippen molar-refractivity contribution in [1.82, 2.24) is 5.32 Å². The van der Waals surface area contributed by atoms with Crippen LogP contribution in [-0.4, -0.2) is 32.3 Å². The topological polar surface area (TPSA) is 30.5 Å². The third-order valence-corrected chi connectivity index (χ3v) is 4.43. The van der Waals surface area contributed by atoms with E-state index in [9.17, 15) is 0 Å². The maximum absolute atomic E-state index is 5.35. The van der Waals surface area contributed by atoms with Crippen LogP contribution in [0.5, 0.6) is 11.5 Å². The number of benzene rings is 1. The molecule has 1 aromatic rings. The Morgan fingerprint density at radius 3 is 2.10 bits per heavy atom. The Hall–Kier alpha value is -0.870. The lowest BCUT2D eigenvalue weighted by Crippen LogP contribution is -2.23. The molecular formula is C16H27NO2S. The van der Waals surface area contributed by atoms with Gasteiger partial charge in [0.25, 0.3) is 0 Å². The fraction of sp³-hybridized carbons (Fsp3) is 0.625. The third kappa shape index (κ3) is 5.63. The maximum atomic E-state index is 5.35. The van der Waals surface area contributed by atoms with E-state index in [4.69, 9.17) is 9.47 Å². The van der Waals surface area contributed by atoms with Gasteiger partial charge in [0.15, 0.2) is 0 Å². The lowest BCUT2D eigenvalue weighted by atomic mass is 10.1. The van der Waals surface area contributed by atoms with Crippen LogP contribution in [0.4, 0.5) is 0 Å². The van der Waals surface area contributed by atoms with E-state index < -0.39 is 0 Å². The summed E-state index contributed by atoms with van der Waals surface area (Å²) in [4.78, 5) is 0. The maximum Gasteiger partial charge on any atom is 0.122 e. The van der Waals surface area contributed by atoms with Crippen LogP contribution in [0.15, 0.2) is 18.2 Å². The fourth-order valence-corrected chi connectivity index (χ4v) is 3.13. The zero-order chi connectivity index (χ0) is 15.0. The minimum Gasteiger partial charge on any atom is -0.497 e. The molecule has 0 saturated heterocycles. The number of hydrogen-bond acceptors (Lipinski definition) is 4. The van der Waals surface area contributed by atoms with Crippen molar-refractivity contribution in [2.45, 2.75) is 26.8 Å². The van der Waals surface area contributed by atoms with Gasteiger partial charge in [0.2, 0.25) is 0 Å². The van der Waals surface area contributed by atoms with Crippen molar-refractivity contribution in [3.8, 4) is 11.5 Å². The Balaban J connectivity index is 2.83. The summed E-state index contributed by atoms with van der Waals surface area (Å²) in [6, 6.07) is 6.42. The highest BCUT2D eigenvalue weighted by Crippen LogP contribution is 2.28. The first-order chi connectivity index (χ1) is 9.60. The molecule has 1 unspecified atom stereocenters. The predicted octanol–water partition coefficient (Wildman–Crippen LogP) is 3.74. The Kier molecular flexibility index (Phi) is 7.85. The molecule has 0 saturated carbocycles. The summed E-state index contributed by atoms with van der Waals surface area (Å²) in [5, 5.41) is 3.54. The van der Waals surface area contributed by atoms with Crippen LogP contribution < -0.4 is 14.8 Å². The lowest BCUT2D eigenvalue weighted by molar-refractivity contribution is 0.392. The molecule has 0 heterocycles. The van der Waals surface area contributed by atoms with E-state index >= 15 is 0 Å². The zero-order valence-electron chi connectivity index (χ0n) is 13.2. The molecule has 0 aliphatic carbocycles. The van der Waals surface area contributed by atoms with Crippen LogP contribution in [-0.2, 0) is 0 Å². The van der Waals surface area contributed by atoms with Gasteiger partial charge in [-0.1, -0.05) is 20.8 Å². The van der Waals surface area contributed by atoms with E-state index in [2.05, 4.69) is 38.2 Å². The molecule has 114 valence electrons. The quantitative estimate of drug-likeness (QED) is 0.752. The van der Waals surface area contributed by atoms with Crippen molar-refractivity contribution in [3.05, 3.63) is 23.8 Å². The highest BCUT2D eigenvalue weighted by Gasteiger charge is 2.13. The van der Waals surface area contributed by atoms with Crippen LogP contribution in [0.25, 0.3) is 0 Å². The first-order valence-electron chi connectivity index (χ1n) is 7.14. The van der Waals surface area contributed by atoms with Crippen LogP contribution in [0.1, 0.15) is 32.4 Å². The Morgan fingerprint density at radius 1 is 1.05 bits per heavy atom. The molecule has 1 atom stereocenters. The molecule has 0 amide bonds. The van der Waals surface area contributed by atoms with Gasteiger partial charge in [-0.25, -0.2) is 0 Å². The molecule has 1 N–H and O–H groups in total. The van der Waals surface area contributed by atoms with Gasteiger partial charge >= 0.3 is 0 Å². The van der Waals surface area contributed by atoms with Gasteiger partial charge in [-0.05, 0) is 35.9 Å². The molecule has 1 rings (SSSR count). The minimum absolute atomic E-state index is 0.327. The number of ether oxygens (including phenoxy) is 2. The van der Waals surface area contributed by atoms with E-state index in [0.717, 1.165) is 29.7 Å². The van der Waals surface area contributed by atoms with Crippen molar-refractivity contribution in [2.24, 2.45) is 5.92 Å². The molecule has 1 aromatic carbocycles. The van der Waals surface area contributed by atoms with E-state index in [1.807, 2.05) is 17.8 Å². The molecule has 0 spiro atoms. The second-order valence-corrected chi connectivity index (χ2v) is 6.26. The molecule has 0 aliphatic heterocycles. The van der Waals surface area contributed by atoms with Gasteiger partial charge in [-0.15, -0.1) is 0 Å². The molecule has 0 radical (unpaired) electrons. The second-order valence-electron chi connectivity index (χ2n) is 5.19. The fourth-order valence-electron chi connectivity index (χ4n) is 1.97. The summed E-state index contributed by atoms with van der Waals surface area (Å²) < 4.78 is 10.7. The SMILES string of the molecule is CCNC(CSCC(C)C)c1cc(OC)cc(OC)c1. The molecule has 0 fully saturated rings. The van der Waals surface area contributed by atoms with Crippen molar-refractivity contribution < 1.29 is 9.47 Å². The molecule has 0 bridgehead atoms. The smallest absolute Gasteiger partial charge is 0.122 e. The monoisotopic (exact) mass is 297 g/mol. The van der Waals surface area contributed by atoms with Gasteiger partial charge in [-0.3, -0.25) is 0 Å². The predicted molar refractivity (Wildman–Crippen MR) is 88.1 cm³/mol. The highest BCUT2D eigenvalue weighted by atomic mass is 32.2. The van der Waals surface area contributed by atoms with Crippen LogP contribution in [0.2, 0.25) is 0 Å². The second kappa shape index (κ2) is 9.14. The molecule has 0 aromatic heterocycles. The minimum atomic E-state index is 0.327.